The molecule has 0 bridgehead atoms. The van der Waals surface area contributed by atoms with Gasteiger partial charge in [-0.15, -0.1) is 0 Å². The van der Waals surface area contributed by atoms with E-state index >= 15 is 0 Å². The Hall–Kier alpha value is -2.48. The van der Waals surface area contributed by atoms with Gasteiger partial charge in [-0.1, -0.05) is 5.16 Å². The third-order valence-electron chi connectivity index (χ3n) is 3.59. The van der Waals surface area contributed by atoms with Crippen molar-refractivity contribution >= 4 is 22.9 Å². The van der Waals surface area contributed by atoms with Crippen molar-refractivity contribution in [3.05, 3.63) is 34.1 Å². The van der Waals surface area contributed by atoms with E-state index in [4.69, 9.17) is 4.52 Å². The van der Waals surface area contributed by atoms with Crippen LogP contribution < -0.4 is 5.32 Å². The standard InChI is InChI=1S/C15H17N5O2S/c1-9-14(10(2)20(3)18-9)16-12(21)4-5-13-17-15(19-22-13)11-6-7-23-8-11/h6-8H,4-5H2,1-3H3,(H,16,21). The third kappa shape index (κ3) is 3.31. The molecule has 0 atom stereocenters. The summed E-state index contributed by atoms with van der Waals surface area (Å²) in [4.78, 5) is 16.4. The van der Waals surface area contributed by atoms with Crippen molar-refractivity contribution in [1.82, 2.24) is 19.9 Å². The molecule has 3 heterocycles. The topological polar surface area (TPSA) is 85.8 Å². The fraction of sp³-hybridized carbons (Fsp3) is 0.333. The Balaban J connectivity index is 1.59. The van der Waals surface area contributed by atoms with Gasteiger partial charge in [0.05, 0.1) is 17.1 Å². The maximum absolute atomic E-state index is 12.1. The highest BCUT2D eigenvalue weighted by atomic mass is 32.1. The minimum Gasteiger partial charge on any atom is -0.339 e. The Kier molecular flexibility index (Phi) is 4.24. The van der Waals surface area contributed by atoms with E-state index in [0.29, 0.717) is 18.1 Å². The van der Waals surface area contributed by atoms with Gasteiger partial charge < -0.3 is 9.84 Å². The third-order valence-corrected chi connectivity index (χ3v) is 4.27. The lowest BCUT2D eigenvalue weighted by molar-refractivity contribution is -0.116. The summed E-state index contributed by atoms with van der Waals surface area (Å²) >= 11 is 1.57. The van der Waals surface area contributed by atoms with Crippen LogP contribution in [0.5, 0.6) is 0 Å². The smallest absolute Gasteiger partial charge is 0.227 e. The van der Waals surface area contributed by atoms with Crippen LogP contribution >= 0.6 is 11.3 Å². The zero-order valence-corrected chi connectivity index (χ0v) is 14.0. The van der Waals surface area contributed by atoms with E-state index < -0.39 is 0 Å². The zero-order valence-electron chi connectivity index (χ0n) is 13.2. The van der Waals surface area contributed by atoms with Crippen molar-refractivity contribution in [3.63, 3.8) is 0 Å². The molecular weight excluding hydrogens is 314 g/mol. The van der Waals surface area contributed by atoms with Crippen molar-refractivity contribution in [2.45, 2.75) is 26.7 Å². The number of nitrogens with one attached hydrogen (secondary N) is 1. The van der Waals surface area contributed by atoms with Crippen LogP contribution in [0.25, 0.3) is 11.4 Å². The number of aromatic nitrogens is 4. The summed E-state index contributed by atoms with van der Waals surface area (Å²) in [5.41, 5.74) is 3.42. The van der Waals surface area contributed by atoms with Crippen molar-refractivity contribution < 1.29 is 9.32 Å². The van der Waals surface area contributed by atoms with Crippen LogP contribution in [0.1, 0.15) is 23.7 Å². The van der Waals surface area contributed by atoms with Gasteiger partial charge in [0.25, 0.3) is 0 Å². The van der Waals surface area contributed by atoms with E-state index in [1.165, 1.54) is 0 Å². The predicted octanol–water partition coefficient (Wildman–Crippen LogP) is 2.72. The summed E-state index contributed by atoms with van der Waals surface area (Å²) < 4.78 is 6.93. The second kappa shape index (κ2) is 6.33. The molecule has 3 aromatic rings. The SMILES string of the molecule is Cc1nn(C)c(C)c1NC(=O)CCc1nc(-c2ccsc2)no1. The van der Waals surface area contributed by atoms with Crippen molar-refractivity contribution in [2.75, 3.05) is 5.32 Å². The van der Waals surface area contributed by atoms with E-state index in [9.17, 15) is 4.79 Å². The Morgan fingerprint density at radius 1 is 1.43 bits per heavy atom. The molecule has 1 N–H and O–H groups in total. The van der Waals surface area contributed by atoms with Gasteiger partial charge in [0.15, 0.2) is 0 Å². The quantitative estimate of drug-likeness (QED) is 0.777. The summed E-state index contributed by atoms with van der Waals surface area (Å²) in [6, 6.07) is 1.93. The minimum atomic E-state index is -0.0977. The molecule has 3 aromatic heterocycles. The van der Waals surface area contributed by atoms with Crippen LogP contribution in [0, 0.1) is 13.8 Å². The molecule has 0 saturated carbocycles. The van der Waals surface area contributed by atoms with Crippen LogP contribution in [0.15, 0.2) is 21.3 Å². The molecular formula is C15H17N5O2S. The van der Waals surface area contributed by atoms with E-state index in [1.54, 1.807) is 16.0 Å². The molecule has 0 spiro atoms. The van der Waals surface area contributed by atoms with Crippen molar-refractivity contribution in [1.29, 1.82) is 0 Å². The molecule has 7 nitrogen and oxygen atoms in total. The number of carbonyl (C=O) groups excluding carboxylic acids is 1. The lowest BCUT2D eigenvalue weighted by Crippen LogP contribution is -2.13. The largest absolute Gasteiger partial charge is 0.339 e. The Morgan fingerprint density at radius 2 is 2.26 bits per heavy atom. The molecule has 0 aliphatic heterocycles. The number of amides is 1. The molecule has 0 fully saturated rings. The molecule has 0 saturated heterocycles. The molecule has 0 radical (unpaired) electrons. The van der Waals surface area contributed by atoms with Crippen LogP contribution in [0.3, 0.4) is 0 Å². The first-order chi connectivity index (χ1) is 11.0. The van der Waals surface area contributed by atoms with Gasteiger partial charge in [0, 0.05) is 30.8 Å². The monoisotopic (exact) mass is 331 g/mol. The van der Waals surface area contributed by atoms with Gasteiger partial charge in [0.2, 0.25) is 17.6 Å². The average molecular weight is 331 g/mol. The van der Waals surface area contributed by atoms with Crippen molar-refractivity contribution in [3.8, 4) is 11.4 Å². The van der Waals surface area contributed by atoms with Gasteiger partial charge >= 0.3 is 0 Å². The number of carbonyl (C=O) groups is 1. The number of thiophene rings is 1. The molecule has 8 heteroatoms. The lowest BCUT2D eigenvalue weighted by Gasteiger charge is -2.04. The fourth-order valence-corrected chi connectivity index (χ4v) is 2.88. The van der Waals surface area contributed by atoms with Gasteiger partial charge in [-0.3, -0.25) is 9.48 Å². The van der Waals surface area contributed by atoms with Crippen LogP contribution in [0.2, 0.25) is 0 Å². The maximum Gasteiger partial charge on any atom is 0.227 e. The van der Waals surface area contributed by atoms with E-state index in [-0.39, 0.29) is 12.3 Å². The van der Waals surface area contributed by atoms with Crippen LogP contribution in [-0.2, 0) is 18.3 Å². The molecule has 0 aliphatic rings. The average Bonchev–Trinajstić information content (AvgIpc) is 3.23. The number of rotatable bonds is 5. The second-order valence-electron chi connectivity index (χ2n) is 5.24. The summed E-state index contributed by atoms with van der Waals surface area (Å²) in [5.74, 6) is 0.918. The fourth-order valence-electron chi connectivity index (χ4n) is 2.24. The summed E-state index contributed by atoms with van der Waals surface area (Å²) in [6.07, 6.45) is 0.681. The first-order valence-corrected chi connectivity index (χ1v) is 8.14. The van der Waals surface area contributed by atoms with Gasteiger partial charge in [0.1, 0.15) is 0 Å². The number of aryl methyl sites for hydroxylation is 3. The number of hydrogen-bond donors (Lipinski definition) is 1. The van der Waals surface area contributed by atoms with Crippen LogP contribution in [0.4, 0.5) is 5.69 Å². The van der Waals surface area contributed by atoms with Crippen LogP contribution in [-0.4, -0.2) is 25.8 Å². The van der Waals surface area contributed by atoms with Gasteiger partial charge in [-0.05, 0) is 25.3 Å². The molecule has 0 aliphatic carbocycles. The maximum atomic E-state index is 12.1. The molecule has 0 unspecified atom stereocenters. The Bertz CT molecular complexity index is 819. The summed E-state index contributed by atoms with van der Waals surface area (Å²) in [6.45, 7) is 3.79. The minimum absolute atomic E-state index is 0.0977. The molecule has 0 aromatic carbocycles. The van der Waals surface area contributed by atoms with Crippen molar-refractivity contribution in [2.24, 2.45) is 7.05 Å². The first-order valence-electron chi connectivity index (χ1n) is 7.20. The molecule has 1 amide bonds. The molecule has 120 valence electrons. The lowest BCUT2D eigenvalue weighted by atomic mass is 10.2. The Labute approximate surface area is 137 Å². The summed E-state index contributed by atoms with van der Waals surface area (Å²) in [7, 11) is 1.85. The van der Waals surface area contributed by atoms with Gasteiger partial charge in [-0.2, -0.15) is 21.4 Å². The van der Waals surface area contributed by atoms with Gasteiger partial charge in [-0.25, -0.2) is 0 Å². The number of hydrogen-bond acceptors (Lipinski definition) is 6. The normalized spacial score (nSPS) is 10.9. The molecule has 3 rings (SSSR count). The second-order valence-corrected chi connectivity index (χ2v) is 6.02. The molecule has 23 heavy (non-hydrogen) atoms. The van der Waals surface area contributed by atoms with E-state index in [0.717, 1.165) is 22.6 Å². The summed E-state index contributed by atoms with van der Waals surface area (Å²) in [5, 5.41) is 15.0. The predicted molar refractivity (Wildman–Crippen MR) is 87.2 cm³/mol. The highest BCUT2D eigenvalue weighted by Gasteiger charge is 2.14. The van der Waals surface area contributed by atoms with E-state index in [2.05, 4.69) is 20.6 Å². The number of anilines is 1. The van der Waals surface area contributed by atoms with E-state index in [1.807, 2.05) is 37.7 Å². The Morgan fingerprint density at radius 3 is 2.91 bits per heavy atom. The highest BCUT2D eigenvalue weighted by molar-refractivity contribution is 7.08. The zero-order chi connectivity index (χ0) is 16.4. The first kappa shape index (κ1) is 15.4. The number of nitrogens with zero attached hydrogens (tertiary/aromatic N) is 4. The highest BCUT2D eigenvalue weighted by Crippen LogP contribution is 2.20.